The first-order chi connectivity index (χ1) is 10.1. The molecule has 0 atom stereocenters. The van der Waals surface area contributed by atoms with E-state index in [0.29, 0.717) is 17.8 Å². The van der Waals surface area contributed by atoms with Crippen molar-refractivity contribution in [3.8, 4) is 0 Å². The summed E-state index contributed by atoms with van der Waals surface area (Å²) in [6, 6.07) is 13.5. The Morgan fingerprint density at radius 3 is 2.62 bits per heavy atom. The normalized spacial score (nSPS) is 10.2. The molecule has 0 radical (unpaired) electrons. The van der Waals surface area contributed by atoms with Crippen molar-refractivity contribution in [2.45, 2.75) is 20.3 Å². The molecule has 2 aromatic rings. The fourth-order valence-electron chi connectivity index (χ4n) is 2.10. The minimum atomic E-state index is -0.108. The molecule has 0 aliphatic rings. The van der Waals surface area contributed by atoms with Crippen LogP contribution in [-0.4, -0.2) is 12.5 Å². The summed E-state index contributed by atoms with van der Waals surface area (Å²) in [4.78, 5) is 11.8. The van der Waals surface area contributed by atoms with Gasteiger partial charge in [-0.05, 0) is 49.2 Å². The number of nitrogens with one attached hydrogen (secondary N) is 2. The number of hydrogen-bond acceptors (Lipinski definition) is 3. The maximum Gasteiger partial charge on any atom is 0.251 e. The van der Waals surface area contributed by atoms with Gasteiger partial charge in [0, 0.05) is 17.8 Å². The zero-order valence-electron chi connectivity index (χ0n) is 12.4. The number of nitrogen functional groups attached to an aromatic ring is 1. The fourth-order valence-corrected chi connectivity index (χ4v) is 2.10. The topological polar surface area (TPSA) is 67.2 Å². The van der Waals surface area contributed by atoms with Gasteiger partial charge >= 0.3 is 0 Å². The van der Waals surface area contributed by atoms with Gasteiger partial charge in [-0.1, -0.05) is 19.1 Å². The van der Waals surface area contributed by atoms with Crippen molar-refractivity contribution in [2.24, 2.45) is 0 Å². The molecular formula is C17H21N3O. The first-order valence-corrected chi connectivity index (χ1v) is 7.17. The molecular weight excluding hydrogens is 262 g/mol. The molecule has 4 heteroatoms. The van der Waals surface area contributed by atoms with Gasteiger partial charge in [-0.15, -0.1) is 0 Å². The third-order valence-corrected chi connectivity index (χ3v) is 3.27. The molecule has 4 nitrogen and oxygen atoms in total. The van der Waals surface area contributed by atoms with E-state index in [9.17, 15) is 4.79 Å². The standard InChI is InChI=1S/C17H21N3O/c1-3-12-6-5-7-14(10-12)20-16-9-8-13(11-15(16)18)17(21)19-4-2/h5-11,20H,3-4,18H2,1-2H3,(H,19,21). The van der Waals surface area contributed by atoms with Crippen molar-refractivity contribution >= 4 is 23.0 Å². The number of nitrogens with two attached hydrogens (primary N) is 1. The number of anilines is 3. The second-order valence-corrected chi connectivity index (χ2v) is 4.84. The number of aryl methyl sites for hydroxylation is 1. The number of carbonyl (C=O) groups is 1. The summed E-state index contributed by atoms with van der Waals surface area (Å²) in [7, 11) is 0. The minimum absolute atomic E-state index is 0.108. The molecule has 2 aromatic carbocycles. The molecule has 0 aromatic heterocycles. The fraction of sp³-hybridized carbons (Fsp3) is 0.235. The van der Waals surface area contributed by atoms with Crippen LogP contribution in [0.3, 0.4) is 0 Å². The third-order valence-electron chi connectivity index (χ3n) is 3.27. The van der Waals surface area contributed by atoms with Gasteiger partial charge in [-0.3, -0.25) is 4.79 Å². The molecule has 21 heavy (non-hydrogen) atoms. The zero-order chi connectivity index (χ0) is 15.2. The Bertz CT molecular complexity index is 638. The first kappa shape index (κ1) is 14.9. The molecule has 0 spiro atoms. The van der Waals surface area contributed by atoms with Gasteiger partial charge in [-0.2, -0.15) is 0 Å². The van der Waals surface area contributed by atoms with Crippen molar-refractivity contribution in [1.29, 1.82) is 0 Å². The van der Waals surface area contributed by atoms with Crippen molar-refractivity contribution in [3.05, 3.63) is 53.6 Å². The van der Waals surface area contributed by atoms with Crippen LogP contribution in [-0.2, 0) is 6.42 Å². The lowest BCUT2D eigenvalue weighted by Crippen LogP contribution is -2.22. The summed E-state index contributed by atoms with van der Waals surface area (Å²) < 4.78 is 0. The van der Waals surface area contributed by atoms with Gasteiger partial charge in [0.05, 0.1) is 11.4 Å². The van der Waals surface area contributed by atoms with E-state index < -0.39 is 0 Å². The van der Waals surface area contributed by atoms with Crippen LogP contribution in [0.1, 0.15) is 29.8 Å². The van der Waals surface area contributed by atoms with E-state index in [1.165, 1.54) is 5.56 Å². The van der Waals surface area contributed by atoms with Gasteiger partial charge in [-0.25, -0.2) is 0 Å². The van der Waals surface area contributed by atoms with Crippen molar-refractivity contribution in [3.63, 3.8) is 0 Å². The summed E-state index contributed by atoms with van der Waals surface area (Å²) in [5.41, 5.74) is 10.2. The van der Waals surface area contributed by atoms with E-state index >= 15 is 0 Å². The predicted octanol–water partition coefficient (Wildman–Crippen LogP) is 3.32. The molecule has 0 saturated carbocycles. The average molecular weight is 283 g/mol. The monoisotopic (exact) mass is 283 g/mol. The van der Waals surface area contributed by atoms with Crippen LogP contribution in [0.25, 0.3) is 0 Å². The lowest BCUT2D eigenvalue weighted by molar-refractivity contribution is 0.0956. The number of hydrogen-bond donors (Lipinski definition) is 3. The molecule has 0 heterocycles. The predicted molar refractivity (Wildman–Crippen MR) is 88.0 cm³/mol. The molecule has 1 amide bonds. The lowest BCUT2D eigenvalue weighted by Gasteiger charge is -2.12. The number of benzene rings is 2. The third kappa shape index (κ3) is 3.75. The van der Waals surface area contributed by atoms with Crippen LogP contribution in [0.2, 0.25) is 0 Å². The molecule has 0 saturated heterocycles. The second-order valence-electron chi connectivity index (χ2n) is 4.84. The van der Waals surface area contributed by atoms with Crippen LogP contribution in [0.5, 0.6) is 0 Å². The summed E-state index contributed by atoms with van der Waals surface area (Å²) >= 11 is 0. The highest BCUT2D eigenvalue weighted by atomic mass is 16.1. The quantitative estimate of drug-likeness (QED) is 0.737. The van der Waals surface area contributed by atoms with Crippen LogP contribution in [0.4, 0.5) is 17.1 Å². The molecule has 2 rings (SSSR count). The Labute approximate surface area is 125 Å². The Kier molecular flexibility index (Phi) is 4.82. The molecule has 0 aliphatic heterocycles. The smallest absolute Gasteiger partial charge is 0.251 e. The van der Waals surface area contributed by atoms with Crippen molar-refractivity contribution in [2.75, 3.05) is 17.6 Å². The first-order valence-electron chi connectivity index (χ1n) is 7.17. The summed E-state index contributed by atoms with van der Waals surface area (Å²) in [6.45, 7) is 4.61. The van der Waals surface area contributed by atoms with E-state index in [4.69, 9.17) is 5.73 Å². The van der Waals surface area contributed by atoms with Gasteiger partial charge in [0.2, 0.25) is 0 Å². The van der Waals surface area contributed by atoms with E-state index in [1.54, 1.807) is 12.1 Å². The largest absolute Gasteiger partial charge is 0.397 e. The number of carbonyl (C=O) groups excluding carboxylic acids is 1. The zero-order valence-corrected chi connectivity index (χ0v) is 12.4. The maximum absolute atomic E-state index is 11.8. The van der Waals surface area contributed by atoms with Crippen LogP contribution < -0.4 is 16.4 Å². The number of amides is 1. The Morgan fingerprint density at radius 1 is 1.14 bits per heavy atom. The van der Waals surface area contributed by atoms with Crippen molar-refractivity contribution in [1.82, 2.24) is 5.32 Å². The van der Waals surface area contributed by atoms with Gasteiger partial charge in [0.1, 0.15) is 0 Å². The van der Waals surface area contributed by atoms with Crippen LogP contribution >= 0.6 is 0 Å². The Balaban J connectivity index is 2.19. The Morgan fingerprint density at radius 2 is 1.95 bits per heavy atom. The Hall–Kier alpha value is -2.49. The second kappa shape index (κ2) is 6.79. The van der Waals surface area contributed by atoms with Crippen LogP contribution in [0.15, 0.2) is 42.5 Å². The average Bonchev–Trinajstić information content (AvgIpc) is 2.49. The van der Waals surface area contributed by atoms with Gasteiger partial charge in [0.15, 0.2) is 0 Å². The molecule has 0 bridgehead atoms. The molecule has 0 unspecified atom stereocenters. The minimum Gasteiger partial charge on any atom is -0.397 e. The van der Waals surface area contributed by atoms with E-state index in [0.717, 1.165) is 17.8 Å². The summed E-state index contributed by atoms with van der Waals surface area (Å²) in [5.74, 6) is -0.108. The SMILES string of the molecule is CCNC(=O)c1ccc(Nc2cccc(CC)c2)c(N)c1. The molecule has 110 valence electrons. The van der Waals surface area contributed by atoms with Gasteiger partial charge < -0.3 is 16.4 Å². The van der Waals surface area contributed by atoms with Crippen LogP contribution in [0, 0.1) is 0 Å². The van der Waals surface area contributed by atoms with E-state index in [2.05, 4.69) is 29.7 Å². The van der Waals surface area contributed by atoms with Crippen molar-refractivity contribution < 1.29 is 4.79 Å². The lowest BCUT2D eigenvalue weighted by atomic mass is 10.1. The highest BCUT2D eigenvalue weighted by molar-refractivity contribution is 5.96. The summed E-state index contributed by atoms with van der Waals surface area (Å²) in [6.07, 6.45) is 0.987. The number of rotatable bonds is 5. The van der Waals surface area contributed by atoms with E-state index in [-0.39, 0.29) is 5.91 Å². The summed E-state index contributed by atoms with van der Waals surface area (Å²) in [5, 5.41) is 6.05. The molecule has 0 fully saturated rings. The highest BCUT2D eigenvalue weighted by Gasteiger charge is 2.07. The highest BCUT2D eigenvalue weighted by Crippen LogP contribution is 2.24. The van der Waals surface area contributed by atoms with E-state index in [1.807, 2.05) is 25.1 Å². The molecule has 4 N–H and O–H groups in total. The molecule has 0 aliphatic carbocycles. The van der Waals surface area contributed by atoms with Gasteiger partial charge in [0.25, 0.3) is 5.91 Å². The maximum atomic E-state index is 11.8.